The molecule has 5 atom stereocenters. The summed E-state index contributed by atoms with van der Waals surface area (Å²) in [6.45, 7) is 0. The van der Waals surface area contributed by atoms with E-state index in [9.17, 15) is 14.6 Å². The van der Waals surface area contributed by atoms with Crippen LogP contribution in [0.2, 0.25) is 0 Å². The molecule has 1 aliphatic carbocycles. The van der Waals surface area contributed by atoms with Gasteiger partial charge in [0.15, 0.2) is 17.9 Å². The number of nitrogen functional groups attached to an aromatic ring is 2. The Morgan fingerprint density at radius 1 is 1.18 bits per heavy atom. The minimum absolute atomic E-state index is 0.191. The monoisotopic (exact) mass is 452 g/mol. The summed E-state index contributed by atoms with van der Waals surface area (Å²) in [5.41, 5.74) is 11.0. The van der Waals surface area contributed by atoms with Crippen LogP contribution in [-0.4, -0.2) is 53.6 Å². The van der Waals surface area contributed by atoms with Crippen molar-refractivity contribution in [3.63, 3.8) is 0 Å². The maximum Gasteiger partial charge on any atom is 0.165 e. The quantitative estimate of drug-likeness (QED) is 0.362. The van der Waals surface area contributed by atoms with Gasteiger partial charge in [-0.15, -0.1) is 0 Å². The van der Waals surface area contributed by atoms with Crippen molar-refractivity contribution in [2.24, 2.45) is 0 Å². The smallest absolute Gasteiger partial charge is 0.165 e. The van der Waals surface area contributed by atoms with Gasteiger partial charge in [-0.1, -0.05) is 0 Å². The van der Waals surface area contributed by atoms with Gasteiger partial charge in [-0.25, -0.2) is 19.3 Å². The number of halogens is 1. The molecule has 6 N–H and O–H groups in total. The average Bonchev–Trinajstić information content (AvgIpc) is 3.42. The van der Waals surface area contributed by atoms with E-state index >= 15 is 0 Å². The van der Waals surface area contributed by atoms with Crippen molar-refractivity contribution in [2.75, 3.05) is 11.5 Å². The second-order valence-corrected chi connectivity index (χ2v) is 8.51. The molecular formula is C22H21FN6O4. The molecule has 11 heteroatoms. The molecule has 2 aliphatic rings. The van der Waals surface area contributed by atoms with Gasteiger partial charge in [0.25, 0.3) is 0 Å². The van der Waals surface area contributed by atoms with E-state index in [1.165, 1.54) is 12.4 Å². The van der Waals surface area contributed by atoms with Gasteiger partial charge in [0.1, 0.15) is 47.5 Å². The molecule has 2 fully saturated rings. The molecule has 1 aromatic carbocycles. The SMILES string of the molecule is Nc1nc2cc(O[C@H]3CC[C@@]4(O)[C@@H]3O[C@@H](n3ccc5c(N)ncnc53)[C@@H]4O)ccc2cc1F. The Morgan fingerprint density at radius 3 is 2.88 bits per heavy atom. The minimum Gasteiger partial charge on any atom is -0.488 e. The first kappa shape index (κ1) is 20.1. The van der Waals surface area contributed by atoms with Gasteiger partial charge < -0.3 is 35.7 Å². The van der Waals surface area contributed by atoms with Crippen LogP contribution in [0.1, 0.15) is 19.1 Å². The molecule has 1 saturated carbocycles. The fourth-order valence-electron chi connectivity index (χ4n) is 4.90. The maximum absolute atomic E-state index is 13.7. The lowest BCUT2D eigenvalue weighted by Crippen LogP contribution is -2.47. The van der Waals surface area contributed by atoms with Crippen LogP contribution >= 0.6 is 0 Å². The van der Waals surface area contributed by atoms with Gasteiger partial charge in [-0.3, -0.25) is 0 Å². The third kappa shape index (κ3) is 2.93. The molecule has 33 heavy (non-hydrogen) atoms. The van der Waals surface area contributed by atoms with Crippen molar-refractivity contribution >= 4 is 33.6 Å². The van der Waals surface area contributed by atoms with Crippen LogP contribution in [0.5, 0.6) is 5.75 Å². The van der Waals surface area contributed by atoms with Crippen LogP contribution in [0, 0.1) is 5.82 Å². The number of aliphatic hydroxyl groups is 2. The van der Waals surface area contributed by atoms with Crippen LogP contribution < -0.4 is 16.2 Å². The van der Waals surface area contributed by atoms with E-state index < -0.39 is 36.0 Å². The number of benzene rings is 1. The third-order valence-corrected chi connectivity index (χ3v) is 6.60. The Kier molecular flexibility index (Phi) is 4.25. The maximum atomic E-state index is 13.7. The lowest BCUT2D eigenvalue weighted by Gasteiger charge is -2.26. The van der Waals surface area contributed by atoms with Crippen molar-refractivity contribution in [3.05, 3.63) is 48.7 Å². The summed E-state index contributed by atoms with van der Waals surface area (Å²) >= 11 is 0. The Morgan fingerprint density at radius 2 is 2.03 bits per heavy atom. The number of nitrogens with zero attached hydrogens (tertiary/aromatic N) is 4. The van der Waals surface area contributed by atoms with Crippen molar-refractivity contribution in [1.29, 1.82) is 0 Å². The number of hydrogen-bond acceptors (Lipinski definition) is 9. The summed E-state index contributed by atoms with van der Waals surface area (Å²) in [6.07, 6.45) is 0.418. The molecule has 0 spiro atoms. The highest BCUT2D eigenvalue weighted by molar-refractivity contribution is 5.86. The zero-order chi connectivity index (χ0) is 22.9. The lowest BCUT2D eigenvalue weighted by molar-refractivity contribution is -0.0791. The van der Waals surface area contributed by atoms with Gasteiger partial charge in [-0.2, -0.15) is 0 Å². The fourth-order valence-corrected chi connectivity index (χ4v) is 4.90. The molecular weight excluding hydrogens is 431 g/mol. The van der Waals surface area contributed by atoms with Crippen LogP contribution in [0.15, 0.2) is 42.9 Å². The minimum atomic E-state index is -1.49. The summed E-state index contributed by atoms with van der Waals surface area (Å²) in [5, 5.41) is 23.5. The highest BCUT2D eigenvalue weighted by atomic mass is 19.1. The molecule has 0 unspecified atom stereocenters. The number of aliphatic hydroxyl groups excluding tert-OH is 1. The molecule has 1 aliphatic heterocycles. The first-order chi connectivity index (χ1) is 15.8. The molecule has 0 amide bonds. The lowest BCUT2D eigenvalue weighted by atomic mass is 9.94. The molecule has 4 heterocycles. The normalized spacial score (nSPS) is 29.1. The number of pyridine rings is 1. The highest BCUT2D eigenvalue weighted by Crippen LogP contribution is 2.48. The number of anilines is 2. The van der Waals surface area contributed by atoms with E-state index in [0.717, 1.165) is 0 Å². The van der Waals surface area contributed by atoms with Gasteiger partial charge in [0.2, 0.25) is 0 Å². The van der Waals surface area contributed by atoms with Crippen LogP contribution in [-0.2, 0) is 4.74 Å². The molecule has 10 nitrogen and oxygen atoms in total. The molecule has 0 radical (unpaired) electrons. The van der Waals surface area contributed by atoms with Gasteiger partial charge in [0, 0.05) is 17.6 Å². The first-order valence-corrected chi connectivity index (χ1v) is 10.5. The van der Waals surface area contributed by atoms with E-state index in [4.69, 9.17) is 20.9 Å². The molecule has 0 bridgehead atoms. The van der Waals surface area contributed by atoms with E-state index in [0.29, 0.717) is 46.3 Å². The summed E-state index contributed by atoms with van der Waals surface area (Å²) in [4.78, 5) is 12.3. The van der Waals surface area contributed by atoms with E-state index in [1.807, 2.05) is 0 Å². The largest absolute Gasteiger partial charge is 0.488 e. The number of ether oxygens (including phenoxy) is 2. The van der Waals surface area contributed by atoms with Crippen LogP contribution in [0.25, 0.3) is 21.9 Å². The summed E-state index contributed by atoms with van der Waals surface area (Å²) in [6, 6.07) is 8.09. The predicted molar refractivity (Wildman–Crippen MR) is 117 cm³/mol. The van der Waals surface area contributed by atoms with Crippen molar-refractivity contribution in [2.45, 2.75) is 43.0 Å². The predicted octanol–water partition coefficient (Wildman–Crippen LogP) is 1.51. The average molecular weight is 452 g/mol. The van der Waals surface area contributed by atoms with Crippen molar-refractivity contribution in [1.82, 2.24) is 19.5 Å². The molecule has 3 aromatic heterocycles. The Balaban J connectivity index is 1.29. The topological polar surface area (TPSA) is 155 Å². The number of nitrogens with two attached hydrogens (primary N) is 2. The van der Waals surface area contributed by atoms with Gasteiger partial charge >= 0.3 is 0 Å². The number of hydrogen-bond donors (Lipinski definition) is 4. The number of aromatic nitrogens is 4. The first-order valence-electron chi connectivity index (χ1n) is 10.5. The van der Waals surface area contributed by atoms with Crippen molar-refractivity contribution in [3.8, 4) is 5.75 Å². The number of fused-ring (bicyclic) bond motifs is 3. The van der Waals surface area contributed by atoms with Gasteiger partial charge in [-0.05, 0) is 37.1 Å². The molecule has 4 aromatic rings. The highest BCUT2D eigenvalue weighted by Gasteiger charge is 2.62. The zero-order valence-corrected chi connectivity index (χ0v) is 17.3. The summed E-state index contributed by atoms with van der Waals surface area (Å²) in [5.74, 6) is 0.0184. The second kappa shape index (κ2) is 6.98. The van der Waals surface area contributed by atoms with Gasteiger partial charge in [0.05, 0.1) is 10.9 Å². The Labute approximate surface area is 186 Å². The fraction of sp³-hybridized carbons (Fsp3) is 0.318. The van der Waals surface area contributed by atoms with Crippen molar-refractivity contribution < 1.29 is 24.1 Å². The third-order valence-electron chi connectivity index (χ3n) is 6.60. The molecule has 6 rings (SSSR count). The molecule has 170 valence electrons. The summed E-state index contributed by atoms with van der Waals surface area (Å²) in [7, 11) is 0. The summed E-state index contributed by atoms with van der Waals surface area (Å²) < 4.78 is 27.6. The Hall–Kier alpha value is -3.54. The number of rotatable bonds is 3. The Bertz CT molecular complexity index is 1400. The second-order valence-electron chi connectivity index (χ2n) is 8.51. The van der Waals surface area contributed by atoms with E-state index in [-0.39, 0.29) is 5.82 Å². The van der Waals surface area contributed by atoms with E-state index in [1.54, 1.807) is 35.0 Å². The molecule has 1 saturated heterocycles. The van der Waals surface area contributed by atoms with E-state index in [2.05, 4.69) is 15.0 Å². The van der Waals surface area contributed by atoms with Crippen LogP contribution in [0.4, 0.5) is 16.0 Å². The zero-order valence-electron chi connectivity index (χ0n) is 17.3. The standard InChI is InChI=1S/C22H21FN6O4/c23-13-7-10-1-2-11(8-14(10)28-19(13)25)32-15-3-5-22(31)16(30)21(33-17(15)22)29-6-4-12-18(24)26-9-27-20(12)29/h1-2,4,6-9,15-17,21,30-31H,3,5H2,(H2,25,28)(H2,24,26,27)/t15-,16-,17+,21+,22-/m0/s1. The van der Waals surface area contributed by atoms with Crippen LogP contribution in [0.3, 0.4) is 0 Å².